The topological polar surface area (TPSA) is 111 Å². The van der Waals surface area contributed by atoms with E-state index < -0.39 is 4.92 Å². The third-order valence-electron chi connectivity index (χ3n) is 2.31. The number of nitrogens with one attached hydrogen (secondary N) is 2. The van der Waals surface area contributed by atoms with E-state index in [1.165, 1.54) is 25.1 Å². The molecule has 2 N–H and O–H groups in total. The first-order valence-electron chi connectivity index (χ1n) is 5.98. The Bertz CT molecular complexity index is 550. The summed E-state index contributed by atoms with van der Waals surface area (Å²) in [5.74, 6) is -0.307. The number of carbonyl (C=O) groups is 2. The van der Waals surface area contributed by atoms with Gasteiger partial charge in [-0.1, -0.05) is 11.6 Å². The number of nitro benzene ring substituents is 1. The lowest BCUT2D eigenvalue weighted by molar-refractivity contribution is -0.384. The lowest BCUT2D eigenvalue weighted by Gasteiger charge is -2.08. The third-order valence-corrected chi connectivity index (χ3v) is 2.61. The van der Waals surface area contributed by atoms with Crippen molar-refractivity contribution < 1.29 is 19.2 Å². The minimum absolute atomic E-state index is 0.0661. The third kappa shape index (κ3) is 6.09. The fourth-order valence-electron chi connectivity index (χ4n) is 1.37. The average molecular weight is 316 g/mol. The second-order valence-corrected chi connectivity index (χ2v) is 4.40. The Hall–Kier alpha value is -2.35. The molecule has 0 saturated carbocycles. The van der Waals surface area contributed by atoms with Gasteiger partial charge in [-0.05, 0) is 6.07 Å². The Kier molecular flexibility index (Phi) is 6.41. The van der Waals surface area contributed by atoms with E-state index >= 15 is 0 Å². The van der Waals surface area contributed by atoms with Crippen molar-refractivity contribution in [3.63, 3.8) is 0 Å². The minimum atomic E-state index is -0.610. The molecule has 0 atom stereocenters. The normalized spacial score (nSPS) is 9.81. The maximum absolute atomic E-state index is 11.4. The molecule has 0 aliphatic heterocycles. The van der Waals surface area contributed by atoms with Gasteiger partial charge >= 0.3 is 0 Å². The summed E-state index contributed by atoms with van der Waals surface area (Å²) in [6.07, 6.45) is 0. The first kappa shape index (κ1) is 16.7. The zero-order chi connectivity index (χ0) is 15.8. The van der Waals surface area contributed by atoms with E-state index in [2.05, 4.69) is 10.6 Å². The first-order chi connectivity index (χ1) is 9.90. The molecule has 0 fully saturated rings. The summed E-state index contributed by atoms with van der Waals surface area (Å²) < 4.78 is 5.16. The van der Waals surface area contributed by atoms with Crippen LogP contribution in [0.25, 0.3) is 0 Å². The van der Waals surface area contributed by atoms with Crippen LogP contribution >= 0.6 is 11.6 Å². The Labute approximate surface area is 125 Å². The molecule has 1 aromatic carbocycles. The van der Waals surface area contributed by atoms with Crippen molar-refractivity contribution in [2.75, 3.05) is 19.7 Å². The Balaban J connectivity index is 2.38. The number of nitro groups is 1. The molecule has 21 heavy (non-hydrogen) atoms. The Morgan fingerprint density at radius 3 is 2.57 bits per heavy atom. The van der Waals surface area contributed by atoms with Gasteiger partial charge in [-0.15, -0.1) is 0 Å². The van der Waals surface area contributed by atoms with Crippen LogP contribution in [0.5, 0.6) is 5.75 Å². The minimum Gasteiger partial charge on any atom is -0.484 e. The number of benzene rings is 1. The second-order valence-electron chi connectivity index (χ2n) is 3.99. The fourth-order valence-corrected chi connectivity index (χ4v) is 1.61. The number of hydrogen-bond donors (Lipinski definition) is 2. The highest BCUT2D eigenvalue weighted by Gasteiger charge is 2.13. The van der Waals surface area contributed by atoms with Crippen LogP contribution in [0.15, 0.2) is 18.2 Å². The predicted octanol–water partition coefficient (Wildman–Crippen LogP) is 0.879. The lowest BCUT2D eigenvalue weighted by atomic mass is 10.3. The smallest absolute Gasteiger partial charge is 0.288 e. The van der Waals surface area contributed by atoms with Crippen molar-refractivity contribution in [3.8, 4) is 5.75 Å². The molecule has 0 unspecified atom stereocenters. The number of rotatable bonds is 7. The molecule has 2 amide bonds. The molecule has 9 heteroatoms. The molecule has 0 aliphatic rings. The molecule has 1 aromatic rings. The summed E-state index contributed by atoms with van der Waals surface area (Å²) in [4.78, 5) is 32.0. The maximum Gasteiger partial charge on any atom is 0.288 e. The maximum atomic E-state index is 11.4. The van der Waals surface area contributed by atoms with Crippen molar-refractivity contribution in [1.82, 2.24) is 10.6 Å². The van der Waals surface area contributed by atoms with Gasteiger partial charge in [-0.2, -0.15) is 0 Å². The van der Waals surface area contributed by atoms with Gasteiger partial charge in [0.15, 0.2) is 6.61 Å². The van der Waals surface area contributed by atoms with Crippen molar-refractivity contribution in [1.29, 1.82) is 0 Å². The van der Waals surface area contributed by atoms with Gasteiger partial charge in [0.05, 0.1) is 4.92 Å². The van der Waals surface area contributed by atoms with Gasteiger partial charge in [0.1, 0.15) is 10.8 Å². The van der Waals surface area contributed by atoms with Crippen LogP contribution in [0.4, 0.5) is 5.69 Å². The molecule has 0 spiro atoms. The highest BCUT2D eigenvalue weighted by atomic mass is 35.5. The molecule has 0 bridgehead atoms. The van der Waals surface area contributed by atoms with Gasteiger partial charge in [0, 0.05) is 32.1 Å². The van der Waals surface area contributed by atoms with Gasteiger partial charge in [-0.25, -0.2) is 0 Å². The van der Waals surface area contributed by atoms with Gasteiger partial charge in [0.25, 0.3) is 11.6 Å². The number of hydrogen-bond acceptors (Lipinski definition) is 5. The van der Waals surface area contributed by atoms with Crippen LogP contribution in [-0.2, 0) is 9.59 Å². The average Bonchev–Trinajstić information content (AvgIpc) is 2.40. The molecule has 0 aliphatic carbocycles. The Morgan fingerprint density at radius 1 is 1.33 bits per heavy atom. The number of halogens is 1. The van der Waals surface area contributed by atoms with E-state index in [1.54, 1.807) is 0 Å². The van der Waals surface area contributed by atoms with Gasteiger partial charge in [0.2, 0.25) is 5.91 Å². The molecule has 0 heterocycles. The van der Waals surface area contributed by atoms with Crippen LogP contribution in [0.2, 0.25) is 5.02 Å². The second kappa shape index (κ2) is 8.05. The molecule has 1 rings (SSSR count). The zero-order valence-corrected chi connectivity index (χ0v) is 12.0. The van der Waals surface area contributed by atoms with Gasteiger partial charge in [-0.3, -0.25) is 19.7 Å². The standard InChI is InChI=1S/C12H14ClN3O5/c1-8(17)14-4-5-15-12(18)7-21-9-2-3-11(16(19)20)10(13)6-9/h2-3,6H,4-5,7H2,1H3,(H,14,17)(H,15,18). The zero-order valence-electron chi connectivity index (χ0n) is 11.2. The van der Waals surface area contributed by atoms with E-state index in [4.69, 9.17) is 16.3 Å². The van der Waals surface area contributed by atoms with Crippen LogP contribution < -0.4 is 15.4 Å². The summed E-state index contributed by atoms with van der Waals surface area (Å²) in [5, 5.41) is 15.6. The number of carbonyl (C=O) groups excluding carboxylic acids is 2. The number of nitrogens with zero attached hydrogens (tertiary/aromatic N) is 1. The van der Waals surface area contributed by atoms with Crippen molar-refractivity contribution in [3.05, 3.63) is 33.3 Å². The molecule has 114 valence electrons. The molecule has 0 saturated heterocycles. The van der Waals surface area contributed by atoms with Gasteiger partial charge < -0.3 is 15.4 Å². The van der Waals surface area contributed by atoms with Crippen LogP contribution in [0.1, 0.15) is 6.92 Å². The largest absolute Gasteiger partial charge is 0.484 e. The molecule has 0 aromatic heterocycles. The van der Waals surface area contributed by atoms with Crippen molar-refractivity contribution >= 4 is 29.1 Å². The van der Waals surface area contributed by atoms with E-state index in [-0.39, 0.29) is 41.4 Å². The van der Waals surface area contributed by atoms with Crippen molar-refractivity contribution in [2.24, 2.45) is 0 Å². The Morgan fingerprint density at radius 2 is 2.00 bits per heavy atom. The van der Waals surface area contributed by atoms with Crippen LogP contribution in [-0.4, -0.2) is 36.4 Å². The number of ether oxygens (including phenoxy) is 1. The highest BCUT2D eigenvalue weighted by Crippen LogP contribution is 2.28. The quantitative estimate of drug-likeness (QED) is 0.441. The number of amides is 2. The summed E-state index contributed by atoms with van der Waals surface area (Å²) in [7, 11) is 0. The molecular weight excluding hydrogens is 302 g/mol. The SMILES string of the molecule is CC(=O)NCCNC(=O)COc1ccc([N+](=O)[O-])c(Cl)c1. The summed E-state index contributed by atoms with van der Waals surface area (Å²) in [6, 6.07) is 3.82. The molecular formula is C12H14ClN3O5. The molecule has 0 radical (unpaired) electrons. The summed E-state index contributed by atoms with van der Waals surface area (Å²) in [5.41, 5.74) is -0.233. The summed E-state index contributed by atoms with van der Waals surface area (Å²) in [6.45, 7) is 1.73. The van der Waals surface area contributed by atoms with E-state index in [9.17, 15) is 19.7 Å². The fraction of sp³-hybridized carbons (Fsp3) is 0.333. The summed E-state index contributed by atoms with van der Waals surface area (Å²) >= 11 is 5.71. The highest BCUT2D eigenvalue weighted by molar-refractivity contribution is 6.32. The molecule has 8 nitrogen and oxygen atoms in total. The van der Waals surface area contributed by atoms with E-state index in [0.29, 0.717) is 6.54 Å². The van der Waals surface area contributed by atoms with E-state index in [1.807, 2.05) is 0 Å². The monoisotopic (exact) mass is 315 g/mol. The first-order valence-corrected chi connectivity index (χ1v) is 6.36. The van der Waals surface area contributed by atoms with Crippen molar-refractivity contribution in [2.45, 2.75) is 6.92 Å². The lowest BCUT2D eigenvalue weighted by Crippen LogP contribution is -2.36. The van der Waals surface area contributed by atoms with Crippen LogP contribution in [0.3, 0.4) is 0 Å². The van der Waals surface area contributed by atoms with Crippen LogP contribution in [0, 0.1) is 10.1 Å². The predicted molar refractivity (Wildman–Crippen MR) is 75.3 cm³/mol. The van der Waals surface area contributed by atoms with E-state index in [0.717, 1.165) is 0 Å².